The third kappa shape index (κ3) is 4.83. The summed E-state index contributed by atoms with van der Waals surface area (Å²) in [6.45, 7) is 0.981. The van der Waals surface area contributed by atoms with Gasteiger partial charge in [0.25, 0.3) is 0 Å². The molecule has 2 aromatic carbocycles. The van der Waals surface area contributed by atoms with Gasteiger partial charge in [-0.2, -0.15) is 0 Å². The molecule has 3 N–H and O–H groups in total. The summed E-state index contributed by atoms with van der Waals surface area (Å²) in [6.07, 6.45) is 2.45. The molecular formula is C23H28N2O4. The molecule has 0 radical (unpaired) electrons. The summed E-state index contributed by atoms with van der Waals surface area (Å²) in [4.78, 5) is 25.3. The normalized spacial score (nSPS) is 16.7. The maximum Gasteiger partial charge on any atom is 0.317 e. The molecule has 1 aliphatic rings. The van der Waals surface area contributed by atoms with Crippen LogP contribution in [-0.2, 0) is 15.2 Å². The van der Waals surface area contributed by atoms with Crippen LogP contribution in [0.4, 0.5) is 0 Å². The van der Waals surface area contributed by atoms with E-state index >= 15 is 0 Å². The lowest BCUT2D eigenvalue weighted by Crippen LogP contribution is -2.50. The van der Waals surface area contributed by atoms with Gasteiger partial charge < -0.3 is 20.4 Å². The number of carboxylic acid groups (broad SMARTS) is 1. The summed E-state index contributed by atoms with van der Waals surface area (Å²) in [5, 5.41) is 23.4. The highest BCUT2D eigenvalue weighted by atomic mass is 16.4. The first-order chi connectivity index (χ1) is 14.0. The Morgan fingerprint density at radius 2 is 1.62 bits per heavy atom. The van der Waals surface area contributed by atoms with Gasteiger partial charge in [0.05, 0.1) is 12.6 Å². The summed E-state index contributed by atoms with van der Waals surface area (Å²) < 4.78 is 0. The predicted octanol–water partition coefficient (Wildman–Crippen LogP) is 2.37. The first kappa shape index (κ1) is 21.0. The van der Waals surface area contributed by atoms with E-state index in [0.717, 1.165) is 24.0 Å². The van der Waals surface area contributed by atoms with Gasteiger partial charge in [-0.1, -0.05) is 60.7 Å². The zero-order valence-corrected chi connectivity index (χ0v) is 16.5. The van der Waals surface area contributed by atoms with E-state index in [1.54, 1.807) is 4.90 Å². The number of hydrogen-bond donors (Lipinski definition) is 3. The molecule has 0 aromatic heterocycles. The molecule has 0 aliphatic carbocycles. The zero-order chi connectivity index (χ0) is 20.7. The SMILES string of the molecule is O=C(O)CNCCCC(=O)N1CCC[C@H]1C(O)(c1ccccc1)c1ccccc1. The third-order valence-electron chi connectivity index (χ3n) is 5.50. The van der Waals surface area contributed by atoms with Crippen molar-refractivity contribution in [3.63, 3.8) is 0 Å². The van der Waals surface area contributed by atoms with E-state index in [9.17, 15) is 14.7 Å². The van der Waals surface area contributed by atoms with Crippen molar-refractivity contribution in [2.75, 3.05) is 19.6 Å². The molecule has 1 fully saturated rings. The topological polar surface area (TPSA) is 89.9 Å². The summed E-state index contributed by atoms with van der Waals surface area (Å²) in [5.41, 5.74) is 0.272. The van der Waals surface area contributed by atoms with Gasteiger partial charge in [0.1, 0.15) is 5.60 Å². The lowest BCUT2D eigenvalue weighted by atomic mass is 9.79. The van der Waals surface area contributed by atoms with Crippen molar-refractivity contribution in [3.8, 4) is 0 Å². The summed E-state index contributed by atoms with van der Waals surface area (Å²) in [6, 6.07) is 18.7. The molecule has 1 amide bonds. The van der Waals surface area contributed by atoms with E-state index < -0.39 is 11.6 Å². The minimum atomic E-state index is -1.28. The molecule has 1 aliphatic heterocycles. The van der Waals surface area contributed by atoms with E-state index in [2.05, 4.69) is 5.32 Å². The second kappa shape index (κ2) is 9.67. The van der Waals surface area contributed by atoms with Crippen LogP contribution in [0.3, 0.4) is 0 Å². The number of aliphatic hydroxyl groups is 1. The van der Waals surface area contributed by atoms with Crippen molar-refractivity contribution < 1.29 is 19.8 Å². The Balaban J connectivity index is 1.79. The number of carbonyl (C=O) groups is 2. The fourth-order valence-corrected chi connectivity index (χ4v) is 4.14. The second-order valence-electron chi connectivity index (χ2n) is 7.42. The molecule has 1 heterocycles. The van der Waals surface area contributed by atoms with Crippen molar-refractivity contribution in [1.82, 2.24) is 10.2 Å². The second-order valence-corrected chi connectivity index (χ2v) is 7.42. The van der Waals surface area contributed by atoms with Gasteiger partial charge in [-0.3, -0.25) is 9.59 Å². The number of rotatable bonds is 9. The lowest BCUT2D eigenvalue weighted by Gasteiger charge is -2.40. The minimum Gasteiger partial charge on any atom is -0.480 e. The molecule has 0 spiro atoms. The van der Waals surface area contributed by atoms with E-state index in [0.29, 0.717) is 25.9 Å². The molecule has 1 saturated heterocycles. The van der Waals surface area contributed by atoms with E-state index in [-0.39, 0.29) is 18.5 Å². The molecule has 2 aromatic rings. The number of likely N-dealkylation sites (tertiary alicyclic amines) is 1. The van der Waals surface area contributed by atoms with E-state index in [1.807, 2.05) is 60.7 Å². The number of hydrogen-bond acceptors (Lipinski definition) is 4. The Hall–Kier alpha value is -2.70. The monoisotopic (exact) mass is 396 g/mol. The molecular weight excluding hydrogens is 368 g/mol. The van der Waals surface area contributed by atoms with Gasteiger partial charge in [0.2, 0.25) is 5.91 Å². The molecule has 3 rings (SSSR count). The molecule has 29 heavy (non-hydrogen) atoms. The van der Waals surface area contributed by atoms with Crippen LogP contribution < -0.4 is 5.32 Å². The van der Waals surface area contributed by atoms with E-state index in [4.69, 9.17) is 5.11 Å². The minimum absolute atomic E-state index is 0.00471. The molecule has 1 atom stereocenters. The summed E-state index contributed by atoms with van der Waals surface area (Å²) >= 11 is 0. The quantitative estimate of drug-likeness (QED) is 0.566. The Bertz CT molecular complexity index is 771. The van der Waals surface area contributed by atoms with Gasteiger partial charge in [0, 0.05) is 13.0 Å². The average molecular weight is 396 g/mol. The van der Waals surface area contributed by atoms with Crippen molar-refractivity contribution in [1.29, 1.82) is 0 Å². The maximum absolute atomic E-state index is 12.9. The fourth-order valence-electron chi connectivity index (χ4n) is 4.14. The average Bonchev–Trinajstić information content (AvgIpc) is 3.24. The molecule has 0 saturated carbocycles. The van der Waals surface area contributed by atoms with Gasteiger partial charge in [-0.15, -0.1) is 0 Å². The van der Waals surface area contributed by atoms with Crippen molar-refractivity contribution in [2.24, 2.45) is 0 Å². The van der Waals surface area contributed by atoms with Gasteiger partial charge in [0.15, 0.2) is 0 Å². The third-order valence-corrected chi connectivity index (χ3v) is 5.50. The molecule has 154 valence electrons. The number of carboxylic acids is 1. The zero-order valence-electron chi connectivity index (χ0n) is 16.5. The number of amides is 1. The van der Waals surface area contributed by atoms with Crippen LogP contribution in [0.1, 0.15) is 36.8 Å². The van der Waals surface area contributed by atoms with Gasteiger partial charge in [-0.25, -0.2) is 0 Å². The maximum atomic E-state index is 12.9. The van der Waals surface area contributed by atoms with Crippen molar-refractivity contribution in [3.05, 3.63) is 71.8 Å². The number of nitrogens with zero attached hydrogens (tertiary/aromatic N) is 1. The predicted molar refractivity (Wildman–Crippen MR) is 110 cm³/mol. The van der Waals surface area contributed by atoms with Crippen LogP contribution >= 0.6 is 0 Å². The Kier molecular flexibility index (Phi) is 7.01. The molecule has 6 heteroatoms. The van der Waals surface area contributed by atoms with Crippen LogP contribution in [0.15, 0.2) is 60.7 Å². The fraction of sp³-hybridized carbons (Fsp3) is 0.391. The number of nitrogens with one attached hydrogen (secondary N) is 1. The van der Waals surface area contributed by atoms with Gasteiger partial charge >= 0.3 is 5.97 Å². The molecule has 0 bridgehead atoms. The summed E-state index contributed by atoms with van der Waals surface area (Å²) in [5.74, 6) is -0.915. The molecule has 0 unspecified atom stereocenters. The van der Waals surface area contributed by atoms with Gasteiger partial charge in [-0.05, 0) is 36.9 Å². The largest absolute Gasteiger partial charge is 0.480 e. The Labute approximate surface area is 171 Å². The first-order valence-electron chi connectivity index (χ1n) is 10.1. The smallest absolute Gasteiger partial charge is 0.317 e. The van der Waals surface area contributed by atoms with Crippen LogP contribution in [0.25, 0.3) is 0 Å². The highest BCUT2D eigenvalue weighted by Crippen LogP contribution is 2.40. The Morgan fingerprint density at radius 3 is 2.17 bits per heavy atom. The van der Waals surface area contributed by atoms with Crippen LogP contribution in [0.5, 0.6) is 0 Å². The lowest BCUT2D eigenvalue weighted by molar-refractivity contribution is -0.136. The molecule has 6 nitrogen and oxygen atoms in total. The highest BCUT2D eigenvalue weighted by Gasteiger charge is 2.46. The van der Waals surface area contributed by atoms with Crippen molar-refractivity contribution >= 4 is 11.9 Å². The standard InChI is InChI=1S/C23H28N2O4/c26-21(14-7-15-24-17-22(27)28)25-16-8-13-20(25)23(29,18-9-3-1-4-10-18)19-11-5-2-6-12-19/h1-6,9-12,20,24,29H,7-8,13-17H2,(H,27,28)/t20-/m0/s1. The van der Waals surface area contributed by atoms with Crippen molar-refractivity contribution in [2.45, 2.75) is 37.3 Å². The first-order valence-corrected chi connectivity index (χ1v) is 10.1. The van der Waals surface area contributed by atoms with Crippen LogP contribution in [0.2, 0.25) is 0 Å². The van der Waals surface area contributed by atoms with Crippen LogP contribution in [0, 0.1) is 0 Å². The summed E-state index contributed by atoms with van der Waals surface area (Å²) in [7, 11) is 0. The van der Waals surface area contributed by atoms with E-state index in [1.165, 1.54) is 0 Å². The van der Waals surface area contributed by atoms with Crippen LogP contribution in [-0.4, -0.2) is 52.7 Å². The highest BCUT2D eigenvalue weighted by molar-refractivity contribution is 5.77. The number of carbonyl (C=O) groups excluding carboxylic acids is 1. The number of aliphatic carboxylic acids is 1. The number of benzene rings is 2. The Morgan fingerprint density at radius 1 is 1.03 bits per heavy atom.